The molecule has 1 aliphatic carbocycles. The van der Waals surface area contributed by atoms with E-state index >= 15 is 0 Å². The van der Waals surface area contributed by atoms with E-state index in [1.54, 1.807) is 0 Å². The molecule has 0 bridgehead atoms. The number of rotatable bonds is 6. The van der Waals surface area contributed by atoms with Gasteiger partial charge < -0.3 is 5.32 Å². The molecule has 1 heteroatoms. The van der Waals surface area contributed by atoms with Crippen molar-refractivity contribution in [2.45, 2.75) is 79.1 Å². The number of hydrogen-bond donors (Lipinski definition) is 1. The minimum Gasteiger partial charge on any atom is -0.316 e. The highest BCUT2D eigenvalue weighted by Gasteiger charge is 2.32. The maximum atomic E-state index is 3.68. The first kappa shape index (κ1) is 15.0. The van der Waals surface area contributed by atoms with Crippen LogP contribution in [0.3, 0.4) is 0 Å². The molecule has 0 amide bonds. The molecule has 0 saturated heterocycles. The zero-order valence-corrected chi connectivity index (χ0v) is 12.6. The van der Waals surface area contributed by atoms with Crippen LogP contribution in [0.4, 0.5) is 0 Å². The first-order valence-electron chi connectivity index (χ1n) is 7.68. The molecule has 1 rings (SSSR count). The Bertz CT molecular complexity index is 196. The summed E-state index contributed by atoms with van der Waals surface area (Å²) in [7, 11) is 0. The standard InChI is InChI=1S/C16H33N/c1-5-13-17-14-16(9-7-6-8-10-16)12-11-15(2,3)4/h17H,5-14H2,1-4H3. The molecule has 17 heavy (non-hydrogen) atoms. The van der Waals surface area contributed by atoms with Crippen molar-refractivity contribution in [1.82, 2.24) is 5.32 Å². The number of nitrogens with one attached hydrogen (secondary N) is 1. The van der Waals surface area contributed by atoms with Gasteiger partial charge in [-0.15, -0.1) is 0 Å². The molecule has 1 saturated carbocycles. The van der Waals surface area contributed by atoms with E-state index in [1.165, 1.54) is 64.5 Å². The lowest BCUT2D eigenvalue weighted by Crippen LogP contribution is -2.37. The van der Waals surface area contributed by atoms with Gasteiger partial charge in [-0.3, -0.25) is 0 Å². The van der Waals surface area contributed by atoms with Gasteiger partial charge in [-0.05, 0) is 49.5 Å². The third-order valence-corrected chi connectivity index (χ3v) is 4.25. The Hall–Kier alpha value is -0.0400. The molecule has 0 unspecified atom stereocenters. The Morgan fingerprint density at radius 1 is 1.06 bits per heavy atom. The maximum absolute atomic E-state index is 3.68. The van der Waals surface area contributed by atoms with Crippen molar-refractivity contribution in [3.8, 4) is 0 Å². The molecule has 0 heterocycles. The lowest BCUT2D eigenvalue weighted by Gasteiger charge is -2.39. The highest BCUT2D eigenvalue weighted by molar-refractivity contribution is 4.86. The van der Waals surface area contributed by atoms with E-state index in [9.17, 15) is 0 Å². The summed E-state index contributed by atoms with van der Waals surface area (Å²) < 4.78 is 0. The third kappa shape index (κ3) is 5.90. The zero-order valence-electron chi connectivity index (χ0n) is 12.6. The van der Waals surface area contributed by atoms with Crippen molar-refractivity contribution in [3.05, 3.63) is 0 Å². The summed E-state index contributed by atoms with van der Waals surface area (Å²) in [5, 5.41) is 3.68. The van der Waals surface area contributed by atoms with E-state index in [1.807, 2.05) is 0 Å². The van der Waals surface area contributed by atoms with Gasteiger partial charge in [-0.25, -0.2) is 0 Å². The van der Waals surface area contributed by atoms with Crippen molar-refractivity contribution in [2.24, 2.45) is 10.8 Å². The fraction of sp³-hybridized carbons (Fsp3) is 1.00. The highest BCUT2D eigenvalue weighted by atomic mass is 14.9. The maximum Gasteiger partial charge on any atom is 0.000781 e. The molecule has 1 N–H and O–H groups in total. The minimum absolute atomic E-state index is 0.495. The van der Waals surface area contributed by atoms with Crippen LogP contribution in [0.25, 0.3) is 0 Å². The van der Waals surface area contributed by atoms with Crippen LogP contribution >= 0.6 is 0 Å². The van der Waals surface area contributed by atoms with Crippen LogP contribution in [0.5, 0.6) is 0 Å². The Balaban J connectivity index is 2.46. The Morgan fingerprint density at radius 3 is 2.24 bits per heavy atom. The molecule has 0 aliphatic heterocycles. The van der Waals surface area contributed by atoms with Gasteiger partial charge in [0.2, 0.25) is 0 Å². The average molecular weight is 239 g/mol. The van der Waals surface area contributed by atoms with Gasteiger partial charge in [0.1, 0.15) is 0 Å². The van der Waals surface area contributed by atoms with Crippen LogP contribution in [0.1, 0.15) is 79.1 Å². The van der Waals surface area contributed by atoms with Crippen molar-refractivity contribution >= 4 is 0 Å². The van der Waals surface area contributed by atoms with Gasteiger partial charge in [-0.2, -0.15) is 0 Å². The van der Waals surface area contributed by atoms with Crippen LogP contribution in [0.2, 0.25) is 0 Å². The smallest absolute Gasteiger partial charge is 0.000781 e. The van der Waals surface area contributed by atoms with E-state index in [2.05, 4.69) is 33.0 Å². The summed E-state index contributed by atoms with van der Waals surface area (Å²) in [5.74, 6) is 0. The molecule has 0 aromatic heterocycles. The van der Waals surface area contributed by atoms with Gasteiger partial charge in [0.15, 0.2) is 0 Å². The van der Waals surface area contributed by atoms with Crippen LogP contribution < -0.4 is 5.32 Å². The van der Waals surface area contributed by atoms with Crippen molar-refractivity contribution in [1.29, 1.82) is 0 Å². The molecule has 0 radical (unpaired) electrons. The summed E-state index contributed by atoms with van der Waals surface area (Å²) in [4.78, 5) is 0. The predicted octanol–water partition coefficient (Wildman–Crippen LogP) is 4.76. The second-order valence-corrected chi connectivity index (χ2v) is 7.30. The van der Waals surface area contributed by atoms with Crippen LogP contribution in [0, 0.1) is 10.8 Å². The molecule has 0 aromatic rings. The summed E-state index contributed by atoms with van der Waals surface area (Å²) in [6.07, 6.45) is 11.4. The predicted molar refractivity (Wildman–Crippen MR) is 77.4 cm³/mol. The summed E-state index contributed by atoms with van der Waals surface area (Å²) in [6, 6.07) is 0. The van der Waals surface area contributed by atoms with Gasteiger partial charge in [0.05, 0.1) is 0 Å². The van der Waals surface area contributed by atoms with Crippen molar-refractivity contribution < 1.29 is 0 Å². The monoisotopic (exact) mass is 239 g/mol. The van der Waals surface area contributed by atoms with Crippen LogP contribution in [-0.4, -0.2) is 13.1 Å². The first-order valence-corrected chi connectivity index (χ1v) is 7.68. The summed E-state index contributed by atoms with van der Waals surface area (Å²) in [6.45, 7) is 11.8. The minimum atomic E-state index is 0.495. The molecular weight excluding hydrogens is 206 g/mol. The topological polar surface area (TPSA) is 12.0 Å². The van der Waals surface area contributed by atoms with Gasteiger partial charge in [0.25, 0.3) is 0 Å². The molecule has 0 atom stereocenters. The molecule has 0 aromatic carbocycles. The molecular formula is C16H33N. The molecule has 1 nitrogen and oxygen atoms in total. The van der Waals surface area contributed by atoms with Crippen molar-refractivity contribution in [2.75, 3.05) is 13.1 Å². The van der Waals surface area contributed by atoms with Crippen molar-refractivity contribution in [3.63, 3.8) is 0 Å². The fourth-order valence-electron chi connectivity index (χ4n) is 2.99. The third-order valence-electron chi connectivity index (χ3n) is 4.25. The normalized spacial score (nSPS) is 20.5. The Kier molecular flexibility index (Phi) is 5.99. The Morgan fingerprint density at radius 2 is 1.71 bits per heavy atom. The number of hydrogen-bond acceptors (Lipinski definition) is 1. The highest BCUT2D eigenvalue weighted by Crippen LogP contribution is 2.42. The average Bonchev–Trinajstić information content (AvgIpc) is 2.28. The van der Waals surface area contributed by atoms with Gasteiger partial charge >= 0.3 is 0 Å². The quantitative estimate of drug-likeness (QED) is 0.659. The Labute approximate surface area is 109 Å². The van der Waals surface area contributed by atoms with Gasteiger partial charge in [0, 0.05) is 6.54 Å². The van der Waals surface area contributed by atoms with E-state index < -0.39 is 0 Å². The molecule has 1 fully saturated rings. The summed E-state index contributed by atoms with van der Waals surface area (Å²) in [5.41, 5.74) is 1.12. The van der Waals surface area contributed by atoms with E-state index in [-0.39, 0.29) is 0 Å². The SMILES string of the molecule is CCCNCC1(CCC(C)(C)C)CCCCC1. The molecule has 102 valence electrons. The second kappa shape index (κ2) is 6.78. The van der Waals surface area contributed by atoms with Crippen LogP contribution in [0.15, 0.2) is 0 Å². The largest absolute Gasteiger partial charge is 0.316 e. The molecule has 1 aliphatic rings. The fourth-order valence-corrected chi connectivity index (χ4v) is 2.99. The lowest BCUT2D eigenvalue weighted by atomic mass is 9.69. The summed E-state index contributed by atoms with van der Waals surface area (Å²) >= 11 is 0. The lowest BCUT2D eigenvalue weighted by molar-refractivity contribution is 0.142. The van der Waals surface area contributed by atoms with E-state index in [0.717, 1.165) is 0 Å². The molecule has 0 spiro atoms. The first-order chi connectivity index (χ1) is 7.97. The second-order valence-electron chi connectivity index (χ2n) is 7.30. The zero-order chi connectivity index (χ0) is 12.8. The van der Waals surface area contributed by atoms with Gasteiger partial charge in [-0.1, -0.05) is 47.0 Å². The van der Waals surface area contributed by atoms with E-state index in [0.29, 0.717) is 10.8 Å². The van der Waals surface area contributed by atoms with E-state index in [4.69, 9.17) is 0 Å². The van der Waals surface area contributed by atoms with Crippen LogP contribution in [-0.2, 0) is 0 Å².